The maximum absolute atomic E-state index is 12.3. The summed E-state index contributed by atoms with van der Waals surface area (Å²) in [5.41, 5.74) is 1.06. The molecule has 21 heavy (non-hydrogen) atoms. The lowest BCUT2D eigenvalue weighted by Gasteiger charge is -2.06. The third kappa shape index (κ3) is 4.37. The highest BCUT2D eigenvalue weighted by molar-refractivity contribution is 6.31. The summed E-state index contributed by atoms with van der Waals surface area (Å²) >= 11 is 5.86. The lowest BCUT2D eigenvalue weighted by molar-refractivity contribution is -0.144. The summed E-state index contributed by atoms with van der Waals surface area (Å²) in [4.78, 5) is 10.4. The van der Waals surface area contributed by atoms with Gasteiger partial charge in [0.05, 0.1) is 12.3 Å². The quantitative estimate of drug-likeness (QED) is 0.916. The van der Waals surface area contributed by atoms with E-state index in [-0.39, 0.29) is 11.6 Å². The van der Waals surface area contributed by atoms with Crippen LogP contribution in [0.5, 0.6) is 0 Å². The fraction of sp³-hybridized carbons (Fsp3) is 0.308. The molecule has 0 atom stereocenters. The van der Waals surface area contributed by atoms with Gasteiger partial charge in [-0.25, -0.2) is 9.97 Å². The number of pyridine rings is 1. The first-order valence-corrected chi connectivity index (χ1v) is 6.44. The van der Waals surface area contributed by atoms with Gasteiger partial charge in [-0.05, 0) is 6.07 Å². The van der Waals surface area contributed by atoms with Crippen molar-refractivity contribution in [3.05, 3.63) is 41.1 Å². The lowest BCUT2D eigenvalue weighted by atomic mass is 10.2. The van der Waals surface area contributed by atoms with Crippen LogP contribution in [0.4, 0.5) is 13.2 Å². The van der Waals surface area contributed by atoms with Gasteiger partial charge in [-0.1, -0.05) is 25.4 Å². The Labute approximate surface area is 124 Å². The van der Waals surface area contributed by atoms with E-state index in [1.54, 1.807) is 0 Å². The topological polar surface area (TPSA) is 58.9 Å². The Morgan fingerprint density at radius 1 is 1.10 bits per heavy atom. The van der Waals surface area contributed by atoms with Gasteiger partial charge < -0.3 is 5.11 Å². The summed E-state index contributed by atoms with van der Waals surface area (Å²) in [7, 11) is 0. The van der Waals surface area contributed by atoms with Crippen molar-refractivity contribution < 1.29 is 18.3 Å². The highest BCUT2D eigenvalue weighted by Crippen LogP contribution is 2.27. The minimum atomic E-state index is -4.58. The Morgan fingerprint density at radius 3 is 2.10 bits per heavy atom. The van der Waals surface area contributed by atoms with Crippen LogP contribution in [0.3, 0.4) is 0 Å². The average Bonchev–Trinajstić information content (AvgIpc) is 2.48. The molecule has 0 fully saturated rings. The molecule has 0 aliphatic carbocycles. The molecule has 0 bridgehead atoms. The zero-order valence-electron chi connectivity index (χ0n) is 11.3. The zero-order valence-corrected chi connectivity index (χ0v) is 12.1. The second kappa shape index (κ2) is 7.33. The van der Waals surface area contributed by atoms with Crippen molar-refractivity contribution in [2.45, 2.75) is 26.6 Å². The molecule has 2 rings (SSSR count). The number of aliphatic hydroxyl groups is 1. The van der Waals surface area contributed by atoms with E-state index in [9.17, 15) is 13.2 Å². The van der Waals surface area contributed by atoms with Crippen molar-refractivity contribution in [2.75, 3.05) is 0 Å². The number of rotatable bonds is 2. The van der Waals surface area contributed by atoms with E-state index in [2.05, 4.69) is 15.0 Å². The molecule has 0 unspecified atom stereocenters. The monoisotopic (exact) mass is 319 g/mol. The van der Waals surface area contributed by atoms with Crippen LogP contribution in [0.1, 0.15) is 25.2 Å². The normalized spacial score (nSPS) is 10.8. The Kier molecular flexibility index (Phi) is 6.04. The first-order valence-electron chi connectivity index (χ1n) is 6.06. The first kappa shape index (κ1) is 17.3. The zero-order chi connectivity index (χ0) is 16.0. The van der Waals surface area contributed by atoms with Crippen molar-refractivity contribution >= 4 is 11.6 Å². The number of aromatic nitrogens is 3. The summed E-state index contributed by atoms with van der Waals surface area (Å²) in [6.45, 7) is 3.73. The SMILES string of the molecule is CC.OCc1cnc(-c2cnc(C(F)(F)F)nc2)cc1Cl. The highest BCUT2D eigenvalue weighted by Gasteiger charge is 2.34. The molecule has 0 aromatic carbocycles. The molecule has 4 nitrogen and oxygen atoms in total. The largest absolute Gasteiger partial charge is 0.451 e. The van der Waals surface area contributed by atoms with E-state index in [0.717, 1.165) is 12.4 Å². The molecule has 1 N–H and O–H groups in total. The number of halogens is 4. The molecule has 114 valence electrons. The minimum Gasteiger partial charge on any atom is -0.392 e. The molecule has 2 heterocycles. The van der Waals surface area contributed by atoms with Crippen molar-refractivity contribution in [1.29, 1.82) is 0 Å². The molecule has 2 aromatic heterocycles. The Hall–Kier alpha value is -1.73. The molecule has 0 aliphatic heterocycles. The molecule has 8 heteroatoms. The van der Waals surface area contributed by atoms with Gasteiger partial charge >= 0.3 is 6.18 Å². The number of hydrogen-bond acceptors (Lipinski definition) is 4. The number of nitrogens with zero attached hydrogens (tertiary/aromatic N) is 3. The van der Waals surface area contributed by atoms with Crippen molar-refractivity contribution in [1.82, 2.24) is 15.0 Å². The fourth-order valence-corrected chi connectivity index (χ4v) is 1.55. The summed E-state index contributed by atoms with van der Waals surface area (Å²) in [5, 5.41) is 9.20. The van der Waals surface area contributed by atoms with Crippen molar-refractivity contribution in [2.24, 2.45) is 0 Å². The standard InChI is InChI=1S/C11H7ClF3N3O.C2H6/c12-8-1-9(16-4-7(8)5-19)6-2-17-10(18-3-6)11(13,14)15;1-2/h1-4,19H,5H2;1-2H3. The van der Waals surface area contributed by atoms with Gasteiger partial charge in [0.25, 0.3) is 0 Å². The van der Waals surface area contributed by atoms with E-state index in [4.69, 9.17) is 16.7 Å². The third-order valence-electron chi connectivity index (χ3n) is 2.30. The molecule has 0 aliphatic rings. The van der Waals surface area contributed by atoms with Crippen molar-refractivity contribution in [3.8, 4) is 11.3 Å². The summed E-state index contributed by atoms with van der Waals surface area (Å²) in [6.07, 6.45) is -1.19. The van der Waals surface area contributed by atoms with Crippen molar-refractivity contribution in [3.63, 3.8) is 0 Å². The van der Waals surface area contributed by atoms with E-state index >= 15 is 0 Å². The van der Waals surface area contributed by atoms with Crippen LogP contribution in [0.2, 0.25) is 5.02 Å². The third-order valence-corrected chi connectivity index (χ3v) is 2.65. The van der Waals surface area contributed by atoms with Gasteiger partial charge in [-0.2, -0.15) is 13.2 Å². The van der Waals surface area contributed by atoms with Crippen LogP contribution in [-0.2, 0) is 12.8 Å². The number of alkyl halides is 3. The average molecular weight is 320 g/mol. The van der Waals surface area contributed by atoms with E-state index in [0.29, 0.717) is 16.8 Å². The van der Waals surface area contributed by atoms with E-state index in [1.807, 2.05) is 13.8 Å². The maximum Gasteiger partial charge on any atom is 0.451 e. The van der Waals surface area contributed by atoms with Crippen LogP contribution in [0.25, 0.3) is 11.3 Å². The summed E-state index contributed by atoms with van der Waals surface area (Å²) < 4.78 is 36.9. The van der Waals surface area contributed by atoms with Crippen LogP contribution in [0.15, 0.2) is 24.7 Å². The molecule has 0 saturated carbocycles. The highest BCUT2D eigenvalue weighted by atomic mass is 35.5. The van der Waals surface area contributed by atoms with Crippen LogP contribution in [0, 0.1) is 0 Å². The molecule has 0 radical (unpaired) electrons. The predicted molar refractivity (Wildman–Crippen MR) is 72.5 cm³/mol. The van der Waals surface area contributed by atoms with Gasteiger partial charge in [0.1, 0.15) is 0 Å². The van der Waals surface area contributed by atoms with Gasteiger partial charge in [-0.3, -0.25) is 4.98 Å². The van der Waals surface area contributed by atoms with E-state index in [1.165, 1.54) is 12.3 Å². The Balaban J connectivity index is 0.00000106. The van der Waals surface area contributed by atoms with Gasteiger partial charge in [0.15, 0.2) is 0 Å². The molecular formula is C13H13ClF3N3O. The number of hydrogen-bond donors (Lipinski definition) is 1. The van der Waals surface area contributed by atoms with E-state index < -0.39 is 12.0 Å². The molecule has 0 spiro atoms. The Bertz CT molecular complexity index is 588. The van der Waals surface area contributed by atoms with Crippen LogP contribution >= 0.6 is 11.6 Å². The van der Waals surface area contributed by atoms with Crippen LogP contribution < -0.4 is 0 Å². The first-order chi connectivity index (χ1) is 9.91. The summed E-state index contributed by atoms with van der Waals surface area (Å²) in [5.74, 6) is -1.21. The number of aliphatic hydroxyl groups excluding tert-OH is 1. The minimum absolute atomic E-state index is 0.268. The molecule has 2 aromatic rings. The second-order valence-corrected chi connectivity index (χ2v) is 4.02. The fourth-order valence-electron chi connectivity index (χ4n) is 1.34. The van der Waals surface area contributed by atoms with Gasteiger partial charge in [0, 0.05) is 34.7 Å². The molecule has 0 saturated heterocycles. The maximum atomic E-state index is 12.3. The smallest absolute Gasteiger partial charge is 0.392 e. The molecule has 0 amide bonds. The van der Waals surface area contributed by atoms with Crippen LogP contribution in [-0.4, -0.2) is 20.1 Å². The Morgan fingerprint density at radius 2 is 1.67 bits per heavy atom. The summed E-state index contributed by atoms with van der Waals surface area (Å²) in [6, 6.07) is 1.43. The second-order valence-electron chi connectivity index (χ2n) is 3.61. The van der Waals surface area contributed by atoms with Gasteiger partial charge in [-0.15, -0.1) is 0 Å². The molecular weight excluding hydrogens is 307 g/mol. The predicted octanol–water partition coefficient (Wildman–Crippen LogP) is 3.73. The lowest BCUT2D eigenvalue weighted by Crippen LogP contribution is -2.10. The van der Waals surface area contributed by atoms with Gasteiger partial charge in [0.2, 0.25) is 5.82 Å².